The molecule has 0 saturated carbocycles. The first-order chi connectivity index (χ1) is 16.3. The third-order valence-electron chi connectivity index (χ3n) is 5.42. The quantitative estimate of drug-likeness (QED) is 0.396. The van der Waals surface area contributed by atoms with Crippen LogP contribution in [0.5, 0.6) is 0 Å². The van der Waals surface area contributed by atoms with Gasteiger partial charge < -0.3 is 10.1 Å². The fourth-order valence-electron chi connectivity index (χ4n) is 3.71. The molecule has 0 saturated heterocycles. The summed E-state index contributed by atoms with van der Waals surface area (Å²) in [6.07, 6.45) is 0.0971. The molecule has 172 valence electrons. The Hall–Kier alpha value is -3.68. The number of hydrogen-bond acceptors (Lipinski definition) is 5. The van der Waals surface area contributed by atoms with Crippen molar-refractivity contribution in [3.8, 4) is 0 Å². The van der Waals surface area contributed by atoms with Gasteiger partial charge in [-0.1, -0.05) is 53.5 Å². The molecule has 34 heavy (non-hydrogen) atoms. The summed E-state index contributed by atoms with van der Waals surface area (Å²) in [7, 11) is 1.27. The number of nitrogens with one attached hydrogen (secondary N) is 1. The van der Waals surface area contributed by atoms with Crippen LogP contribution >= 0.6 is 23.2 Å². The van der Waals surface area contributed by atoms with Crippen LogP contribution in [-0.4, -0.2) is 41.7 Å². The fourth-order valence-corrected chi connectivity index (χ4v) is 4.03. The van der Waals surface area contributed by atoms with E-state index >= 15 is 0 Å². The van der Waals surface area contributed by atoms with Crippen molar-refractivity contribution in [2.24, 2.45) is 0 Å². The predicted octanol–water partition coefficient (Wildman–Crippen LogP) is 4.63. The van der Waals surface area contributed by atoms with Crippen molar-refractivity contribution >= 4 is 52.6 Å². The summed E-state index contributed by atoms with van der Waals surface area (Å²) >= 11 is 12.1. The van der Waals surface area contributed by atoms with E-state index in [2.05, 4.69) is 10.1 Å². The Balaban J connectivity index is 1.66. The number of hydrogen-bond donors (Lipinski definition) is 1. The van der Waals surface area contributed by atoms with Gasteiger partial charge in [0.1, 0.15) is 6.04 Å². The second-order valence-corrected chi connectivity index (χ2v) is 8.37. The Morgan fingerprint density at radius 1 is 0.912 bits per heavy atom. The summed E-state index contributed by atoms with van der Waals surface area (Å²) in [6, 6.07) is 16.6. The minimum Gasteiger partial charge on any atom is -0.465 e. The van der Waals surface area contributed by atoms with Crippen molar-refractivity contribution in [1.82, 2.24) is 4.90 Å². The maximum Gasteiger partial charge on any atom is 0.337 e. The molecule has 0 radical (unpaired) electrons. The Morgan fingerprint density at radius 2 is 1.47 bits per heavy atom. The number of carbonyl (C=O) groups is 4. The van der Waals surface area contributed by atoms with Crippen LogP contribution < -0.4 is 5.32 Å². The molecule has 1 aliphatic heterocycles. The molecule has 3 aromatic rings. The second kappa shape index (κ2) is 9.67. The highest BCUT2D eigenvalue weighted by Crippen LogP contribution is 2.33. The molecule has 3 aromatic carbocycles. The number of methoxy groups -OCH3 is 1. The highest BCUT2D eigenvalue weighted by molar-refractivity contribution is 6.43. The standard InChI is InChI=1S/C25H18Cl2N2O5/c1-34-25(33)15-7-9-16(10-8-15)28-22(30)21(11-14-5-3-2-4-6-14)29-23(31)17-12-19(26)20(27)13-18(17)24(29)32/h2-10,12-13,21H,11H2,1H3,(H,28,30). The van der Waals surface area contributed by atoms with Crippen LogP contribution in [0.4, 0.5) is 5.69 Å². The van der Waals surface area contributed by atoms with E-state index in [1.165, 1.54) is 43.5 Å². The fraction of sp³-hybridized carbons (Fsp3) is 0.120. The molecule has 1 atom stereocenters. The first kappa shape index (κ1) is 23.5. The molecule has 4 rings (SSSR count). The lowest BCUT2D eigenvalue weighted by Gasteiger charge is -2.25. The van der Waals surface area contributed by atoms with E-state index in [0.29, 0.717) is 11.3 Å². The van der Waals surface area contributed by atoms with Gasteiger partial charge in [-0.3, -0.25) is 19.3 Å². The highest BCUT2D eigenvalue weighted by Gasteiger charge is 2.43. The number of rotatable bonds is 6. The van der Waals surface area contributed by atoms with Crippen LogP contribution in [0.1, 0.15) is 36.6 Å². The van der Waals surface area contributed by atoms with Gasteiger partial charge in [0.2, 0.25) is 5.91 Å². The van der Waals surface area contributed by atoms with E-state index in [0.717, 1.165) is 10.5 Å². The first-order valence-electron chi connectivity index (χ1n) is 10.2. The average molecular weight is 497 g/mol. The van der Waals surface area contributed by atoms with Crippen molar-refractivity contribution in [3.63, 3.8) is 0 Å². The SMILES string of the molecule is COC(=O)c1ccc(NC(=O)C(Cc2ccccc2)N2C(=O)c3cc(Cl)c(Cl)cc3C2=O)cc1. The number of halogens is 2. The summed E-state index contributed by atoms with van der Waals surface area (Å²) in [5.74, 6) is -2.34. The molecule has 0 aromatic heterocycles. The Morgan fingerprint density at radius 3 is 2.00 bits per heavy atom. The maximum absolute atomic E-state index is 13.4. The molecule has 1 N–H and O–H groups in total. The van der Waals surface area contributed by atoms with Gasteiger partial charge in [0.25, 0.3) is 11.8 Å². The van der Waals surface area contributed by atoms with Crippen LogP contribution in [-0.2, 0) is 16.0 Å². The highest BCUT2D eigenvalue weighted by atomic mass is 35.5. The maximum atomic E-state index is 13.4. The van der Waals surface area contributed by atoms with Crippen LogP contribution in [0.3, 0.4) is 0 Å². The third kappa shape index (κ3) is 4.53. The molecule has 9 heteroatoms. The molecule has 0 fully saturated rings. The van der Waals surface area contributed by atoms with E-state index in [4.69, 9.17) is 23.2 Å². The zero-order chi connectivity index (χ0) is 24.4. The van der Waals surface area contributed by atoms with Gasteiger partial charge in [-0.15, -0.1) is 0 Å². The van der Waals surface area contributed by atoms with Crippen LogP contribution in [0.2, 0.25) is 10.0 Å². The monoisotopic (exact) mass is 496 g/mol. The number of fused-ring (bicyclic) bond motifs is 1. The summed E-state index contributed by atoms with van der Waals surface area (Å²) < 4.78 is 4.67. The zero-order valence-electron chi connectivity index (χ0n) is 17.9. The lowest BCUT2D eigenvalue weighted by atomic mass is 10.0. The van der Waals surface area contributed by atoms with Gasteiger partial charge in [0.15, 0.2) is 0 Å². The predicted molar refractivity (Wildman–Crippen MR) is 127 cm³/mol. The van der Waals surface area contributed by atoms with Crippen LogP contribution in [0, 0.1) is 0 Å². The van der Waals surface area contributed by atoms with E-state index < -0.39 is 29.7 Å². The minimum absolute atomic E-state index is 0.0905. The van der Waals surface area contributed by atoms with Gasteiger partial charge in [-0.05, 0) is 42.0 Å². The number of nitrogens with zero attached hydrogens (tertiary/aromatic N) is 1. The molecule has 1 heterocycles. The second-order valence-electron chi connectivity index (χ2n) is 7.56. The largest absolute Gasteiger partial charge is 0.465 e. The lowest BCUT2D eigenvalue weighted by Crippen LogP contribution is -2.48. The van der Waals surface area contributed by atoms with Gasteiger partial charge in [-0.2, -0.15) is 0 Å². The summed E-state index contributed by atoms with van der Waals surface area (Å²) in [5.41, 5.74) is 1.64. The van der Waals surface area contributed by atoms with E-state index in [1.54, 1.807) is 24.3 Å². The number of carbonyl (C=O) groups excluding carboxylic acids is 4. The van der Waals surface area contributed by atoms with E-state index in [1.807, 2.05) is 6.07 Å². The Bertz CT molecular complexity index is 1250. The number of benzene rings is 3. The molecule has 3 amide bonds. The average Bonchev–Trinajstić information content (AvgIpc) is 3.07. The summed E-state index contributed by atoms with van der Waals surface area (Å²) in [6.45, 7) is 0. The zero-order valence-corrected chi connectivity index (χ0v) is 19.4. The molecule has 1 aliphatic rings. The smallest absolute Gasteiger partial charge is 0.337 e. The van der Waals surface area contributed by atoms with Gasteiger partial charge >= 0.3 is 5.97 Å². The van der Waals surface area contributed by atoms with Gasteiger partial charge in [0.05, 0.1) is 33.8 Å². The third-order valence-corrected chi connectivity index (χ3v) is 6.14. The van der Waals surface area contributed by atoms with Crippen molar-refractivity contribution in [2.75, 3.05) is 12.4 Å². The molecule has 1 unspecified atom stereocenters. The van der Waals surface area contributed by atoms with Gasteiger partial charge in [0, 0.05) is 12.1 Å². The Labute approximate surface area is 205 Å². The van der Waals surface area contributed by atoms with E-state index in [9.17, 15) is 19.2 Å². The number of imide groups is 1. The van der Waals surface area contributed by atoms with Gasteiger partial charge in [-0.25, -0.2) is 4.79 Å². The number of ether oxygens (including phenoxy) is 1. The van der Waals surface area contributed by atoms with Crippen molar-refractivity contribution in [1.29, 1.82) is 0 Å². The summed E-state index contributed by atoms with van der Waals surface area (Å²) in [4.78, 5) is 52.3. The number of esters is 1. The molecule has 0 spiro atoms. The van der Waals surface area contributed by atoms with Crippen molar-refractivity contribution in [2.45, 2.75) is 12.5 Å². The molecule has 0 aliphatic carbocycles. The van der Waals surface area contributed by atoms with Crippen LogP contribution in [0.15, 0.2) is 66.7 Å². The normalized spacial score (nSPS) is 13.4. The van der Waals surface area contributed by atoms with Crippen molar-refractivity contribution in [3.05, 3.63) is 99.0 Å². The molecule has 0 bridgehead atoms. The molecular weight excluding hydrogens is 479 g/mol. The molecule has 7 nitrogen and oxygen atoms in total. The summed E-state index contributed by atoms with van der Waals surface area (Å²) in [5, 5.41) is 3.00. The van der Waals surface area contributed by atoms with Crippen molar-refractivity contribution < 1.29 is 23.9 Å². The lowest BCUT2D eigenvalue weighted by molar-refractivity contribution is -0.119. The van der Waals surface area contributed by atoms with Crippen LogP contribution in [0.25, 0.3) is 0 Å². The van der Waals surface area contributed by atoms with E-state index in [-0.39, 0.29) is 27.6 Å². The molecular formula is C25H18Cl2N2O5. The number of amides is 3. The first-order valence-corrected chi connectivity index (χ1v) is 11.0. The topological polar surface area (TPSA) is 92.8 Å². The number of anilines is 1. The minimum atomic E-state index is -1.15. The Kier molecular flexibility index (Phi) is 6.68.